The van der Waals surface area contributed by atoms with Crippen LogP contribution in [0, 0.1) is 6.92 Å². The van der Waals surface area contributed by atoms with Crippen LogP contribution in [0.15, 0.2) is 36.8 Å². The number of fused-ring (bicyclic) bond motifs is 1. The van der Waals surface area contributed by atoms with E-state index in [-0.39, 0.29) is 18.2 Å². The zero-order chi connectivity index (χ0) is 19.6. The molecule has 148 valence electrons. The van der Waals surface area contributed by atoms with Crippen LogP contribution in [-0.4, -0.2) is 50.7 Å². The highest BCUT2D eigenvalue weighted by molar-refractivity contribution is 5.85. The molecule has 1 aliphatic rings. The highest BCUT2D eigenvalue weighted by Crippen LogP contribution is 2.30. The van der Waals surface area contributed by atoms with E-state index in [1.54, 1.807) is 18.3 Å². The number of halogens is 2. The van der Waals surface area contributed by atoms with E-state index in [2.05, 4.69) is 25.5 Å². The number of H-pyrrole nitrogens is 1. The summed E-state index contributed by atoms with van der Waals surface area (Å²) in [4.78, 5) is 10.3. The van der Waals surface area contributed by atoms with Crippen LogP contribution in [0.25, 0.3) is 11.0 Å². The molecule has 1 fully saturated rings. The molecule has 0 aliphatic carbocycles. The van der Waals surface area contributed by atoms with Gasteiger partial charge in [0.1, 0.15) is 12.1 Å². The molecule has 0 amide bonds. The summed E-state index contributed by atoms with van der Waals surface area (Å²) in [6.07, 6.45) is 5.75. The monoisotopic (exact) mass is 386 g/mol. The van der Waals surface area contributed by atoms with Gasteiger partial charge in [-0.15, -0.1) is 0 Å². The fraction of sp³-hybridized carbons (Fsp3) is 0.450. The van der Waals surface area contributed by atoms with Gasteiger partial charge < -0.3 is 5.32 Å². The molecule has 3 aromatic rings. The quantitative estimate of drug-likeness (QED) is 0.699. The van der Waals surface area contributed by atoms with Crippen molar-refractivity contribution in [3.05, 3.63) is 47.9 Å². The van der Waals surface area contributed by atoms with Gasteiger partial charge in [0, 0.05) is 18.2 Å². The second-order valence-electron chi connectivity index (χ2n) is 7.47. The summed E-state index contributed by atoms with van der Waals surface area (Å²) in [6, 6.07) is 6.73. The number of aryl methyl sites for hydroxylation is 1. The number of aromatic nitrogens is 4. The molecule has 0 bridgehead atoms. The smallest absolute Gasteiger partial charge is 0.285 e. The summed E-state index contributed by atoms with van der Waals surface area (Å²) >= 11 is 0. The number of aromatic amines is 1. The third-order valence-corrected chi connectivity index (χ3v) is 5.31. The van der Waals surface area contributed by atoms with E-state index < -0.39 is 5.92 Å². The summed E-state index contributed by atoms with van der Waals surface area (Å²) < 4.78 is 29.4. The second kappa shape index (κ2) is 7.79. The molecule has 0 saturated carbocycles. The molecule has 1 aromatic carbocycles. The highest BCUT2D eigenvalue weighted by atomic mass is 19.3. The number of benzene rings is 1. The lowest BCUT2D eigenvalue weighted by Gasteiger charge is -2.26. The molecule has 8 heteroatoms. The number of nitrogens with one attached hydrogen (secondary N) is 2. The van der Waals surface area contributed by atoms with E-state index in [9.17, 15) is 8.78 Å². The minimum absolute atomic E-state index is 0.0837. The van der Waals surface area contributed by atoms with Crippen LogP contribution in [0.4, 0.5) is 14.6 Å². The van der Waals surface area contributed by atoms with Gasteiger partial charge in [-0.05, 0) is 32.7 Å². The lowest BCUT2D eigenvalue weighted by Crippen LogP contribution is -2.36. The Balaban J connectivity index is 1.38. The van der Waals surface area contributed by atoms with Gasteiger partial charge in [0.25, 0.3) is 5.92 Å². The lowest BCUT2D eigenvalue weighted by molar-refractivity contribution is -0.0372. The molecule has 2 aromatic heterocycles. The molecular weight excluding hydrogens is 362 g/mol. The second-order valence-corrected chi connectivity index (χ2v) is 7.47. The summed E-state index contributed by atoms with van der Waals surface area (Å²) in [5.74, 6) is -2.11. The number of likely N-dealkylation sites (tertiary alicyclic amines) is 1. The van der Waals surface area contributed by atoms with Gasteiger partial charge in [-0.25, -0.2) is 9.97 Å². The first kappa shape index (κ1) is 18.7. The van der Waals surface area contributed by atoms with Gasteiger partial charge >= 0.3 is 0 Å². The standard InChI is InChI=1S/C20H24F2N6/c1-14-4-6-15(7-5-14)20(21,22)12-28-9-2-3-16(8-10-28)26-18-17-11-25-27-19(17)24-13-23-18/h4-7,11,13,16H,2-3,8-10,12H2,1H3,(H2,23,24,25,26,27)/t16-/m1/s1. The summed E-state index contributed by atoms with van der Waals surface area (Å²) in [6.45, 7) is 2.95. The Morgan fingerprint density at radius 3 is 2.82 bits per heavy atom. The fourth-order valence-corrected chi connectivity index (χ4v) is 3.70. The van der Waals surface area contributed by atoms with Crippen LogP contribution in [0.3, 0.4) is 0 Å². The molecule has 0 spiro atoms. The van der Waals surface area contributed by atoms with Gasteiger partial charge in [0.15, 0.2) is 5.65 Å². The zero-order valence-electron chi connectivity index (χ0n) is 15.8. The molecule has 3 heterocycles. The molecule has 2 N–H and O–H groups in total. The SMILES string of the molecule is Cc1ccc(C(F)(F)CN2CCC[C@@H](Nc3ncnc4[nH]ncc34)CC2)cc1. The molecule has 4 rings (SSSR count). The van der Waals surface area contributed by atoms with Crippen molar-refractivity contribution in [3.8, 4) is 0 Å². The number of nitrogens with zero attached hydrogens (tertiary/aromatic N) is 4. The van der Waals surface area contributed by atoms with Crippen molar-refractivity contribution in [1.29, 1.82) is 0 Å². The van der Waals surface area contributed by atoms with Crippen LogP contribution in [0.1, 0.15) is 30.4 Å². The van der Waals surface area contributed by atoms with Crippen LogP contribution >= 0.6 is 0 Å². The molecule has 0 unspecified atom stereocenters. The summed E-state index contributed by atoms with van der Waals surface area (Å²) in [5.41, 5.74) is 1.76. The Labute approximate surface area is 162 Å². The average molecular weight is 386 g/mol. The Hall–Kier alpha value is -2.61. The van der Waals surface area contributed by atoms with E-state index in [4.69, 9.17) is 0 Å². The van der Waals surface area contributed by atoms with Crippen LogP contribution in [-0.2, 0) is 5.92 Å². The third kappa shape index (κ3) is 4.11. The van der Waals surface area contributed by atoms with Crippen molar-refractivity contribution in [2.24, 2.45) is 0 Å². The fourth-order valence-electron chi connectivity index (χ4n) is 3.70. The minimum Gasteiger partial charge on any atom is -0.367 e. The van der Waals surface area contributed by atoms with Gasteiger partial charge in [0.05, 0.1) is 18.1 Å². The van der Waals surface area contributed by atoms with E-state index in [1.807, 2.05) is 11.8 Å². The van der Waals surface area contributed by atoms with Gasteiger partial charge in [-0.3, -0.25) is 10.00 Å². The van der Waals surface area contributed by atoms with Gasteiger partial charge in [0.2, 0.25) is 0 Å². The van der Waals surface area contributed by atoms with Crippen molar-refractivity contribution < 1.29 is 8.78 Å². The predicted octanol–water partition coefficient (Wildman–Crippen LogP) is 3.72. The molecule has 1 aliphatic heterocycles. The molecule has 0 radical (unpaired) electrons. The van der Waals surface area contributed by atoms with E-state index in [0.717, 1.165) is 36.0 Å². The third-order valence-electron chi connectivity index (χ3n) is 5.31. The molecule has 1 atom stereocenters. The predicted molar refractivity (Wildman–Crippen MR) is 104 cm³/mol. The number of anilines is 1. The van der Waals surface area contributed by atoms with Crippen LogP contribution < -0.4 is 5.32 Å². The number of rotatable bonds is 5. The maximum Gasteiger partial charge on any atom is 0.285 e. The normalized spacial score (nSPS) is 18.9. The van der Waals surface area contributed by atoms with Crippen molar-refractivity contribution in [1.82, 2.24) is 25.1 Å². The maximum absolute atomic E-state index is 14.7. The summed E-state index contributed by atoms with van der Waals surface area (Å²) in [5, 5.41) is 11.1. The van der Waals surface area contributed by atoms with Crippen LogP contribution in [0.5, 0.6) is 0 Å². The largest absolute Gasteiger partial charge is 0.367 e. The van der Waals surface area contributed by atoms with Crippen molar-refractivity contribution >= 4 is 16.9 Å². The minimum atomic E-state index is -2.85. The number of alkyl halides is 2. The van der Waals surface area contributed by atoms with Crippen molar-refractivity contribution in [3.63, 3.8) is 0 Å². The Morgan fingerprint density at radius 2 is 2.00 bits per heavy atom. The van der Waals surface area contributed by atoms with Crippen LogP contribution in [0.2, 0.25) is 0 Å². The molecular formula is C20H24F2N6. The number of hydrogen-bond acceptors (Lipinski definition) is 5. The van der Waals surface area contributed by atoms with Crippen molar-refractivity contribution in [2.75, 3.05) is 25.0 Å². The topological polar surface area (TPSA) is 69.7 Å². The average Bonchev–Trinajstić information content (AvgIpc) is 3.06. The first-order valence-electron chi connectivity index (χ1n) is 9.59. The Bertz CT molecular complexity index is 924. The van der Waals surface area contributed by atoms with E-state index in [1.165, 1.54) is 18.5 Å². The van der Waals surface area contributed by atoms with E-state index >= 15 is 0 Å². The summed E-state index contributed by atoms with van der Waals surface area (Å²) in [7, 11) is 0. The Morgan fingerprint density at radius 1 is 1.18 bits per heavy atom. The van der Waals surface area contributed by atoms with Gasteiger partial charge in [-0.1, -0.05) is 29.8 Å². The molecule has 6 nitrogen and oxygen atoms in total. The van der Waals surface area contributed by atoms with E-state index in [0.29, 0.717) is 18.7 Å². The lowest BCUT2D eigenvalue weighted by atomic mass is 10.1. The highest BCUT2D eigenvalue weighted by Gasteiger charge is 2.34. The Kier molecular flexibility index (Phi) is 5.21. The first-order chi connectivity index (χ1) is 13.5. The molecule has 28 heavy (non-hydrogen) atoms. The zero-order valence-corrected chi connectivity index (χ0v) is 15.8. The molecule has 1 saturated heterocycles. The maximum atomic E-state index is 14.7. The van der Waals surface area contributed by atoms with Gasteiger partial charge in [-0.2, -0.15) is 13.9 Å². The first-order valence-corrected chi connectivity index (χ1v) is 9.59. The van der Waals surface area contributed by atoms with Crippen molar-refractivity contribution in [2.45, 2.75) is 38.2 Å². The number of hydrogen-bond donors (Lipinski definition) is 2.